The first-order valence-corrected chi connectivity index (χ1v) is 30.0. The van der Waals surface area contributed by atoms with Crippen molar-refractivity contribution in [3.05, 3.63) is 84.7 Å². The van der Waals surface area contributed by atoms with Gasteiger partial charge in [-0.2, -0.15) is 8.42 Å². The minimum absolute atomic E-state index is 0.0858. The number of hydrogen-bond donors (Lipinski definition) is 3. The fourth-order valence-electron chi connectivity index (χ4n) is 9.63. The van der Waals surface area contributed by atoms with E-state index in [0.717, 1.165) is 147 Å². The second-order valence-electron chi connectivity index (χ2n) is 19.2. The predicted octanol–water partition coefficient (Wildman–Crippen LogP) is 4.35. The highest BCUT2D eigenvalue weighted by atomic mass is 32.2. The van der Waals surface area contributed by atoms with Gasteiger partial charge in [-0.3, -0.25) is 9.08 Å². The molecule has 0 unspecified atom stereocenters. The lowest BCUT2D eigenvalue weighted by Crippen LogP contribution is -2.42. The second-order valence-corrected chi connectivity index (χ2v) is 25.4. The number of rotatable bonds is 15. The molecule has 4 aromatic heterocycles. The number of sulfone groups is 2. The molecule has 4 aliphatic rings. The Labute approximate surface area is 416 Å². The SMILES string of the molecule is C1COCCN1.CS(=O)(=O)CCc1cccc(-c2cn(C3CC(CN4CCOCC4)C3)c3ncnc(N)c23)c1.CS(=O)(=O)CCc1cccc(-c2cn(C3CC(COS(C)(=O)=O)C3)c3ncnc(N)c23)c1. The van der Waals surface area contributed by atoms with E-state index in [9.17, 15) is 25.3 Å². The molecule has 71 heavy (non-hydrogen) atoms. The van der Waals surface area contributed by atoms with Crippen LogP contribution in [0.1, 0.15) is 48.9 Å². The van der Waals surface area contributed by atoms with Gasteiger partial charge in [0.25, 0.3) is 10.1 Å². The van der Waals surface area contributed by atoms with Crippen molar-refractivity contribution in [3.8, 4) is 22.3 Å². The molecule has 384 valence electrons. The van der Waals surface area contributed by atoms with Gasteiger partial charge in [0.05, 0.1) is 61.6 Å². The van der Waals surface area contributed by atoms with Crippen LogP contribution in [0.5, 0.6) is 0 Å². The molecule has 0 radical (unpaired) electrons. The highest BCUT2D eigenvalue weighted by Crippen LogP contribution is 2.45. The molecule has 2 aliphatic carbocycles. The van der Waals surface area contributed by atoms with E-state index in [-0.39, 0.29) is 30.1 Å². The van der Waals surface area contributed by atoms with E-state index in [1.54, 1.807) is 0 Å². The zero-order valence-electron chi connectivity index (χ0n) is 40.6. The summed E-state index contributed by atoms with van der Waals surface area (Å²) in [6.07, 6.45) is 15.4. The van der Waals surface area contributed by atoms with E-state index in [1.807, 2.05) is 48.7 Å². The number of benzene rings is 2. The zero-order valence-corrected chi connectivity index (χ0v) is 43.1. The standard InChI is InChI=1S/C24H31N5O3S.C21H26N4O5S2.C4H9NO/c1-33(30,31)10-5-17-3-2-4-19(11-17)21-15-29(24-22(21)23(25)26-16-27-24)20-12-18(13-20)14-28-6-8-32-9-7-28;1-31(26,27)7-6-14-4-3-5-16(8-14)18-11-25(21-19(18)20(22)23-13-24-21)17-9-15(10-17)12-30-32(2,28)29;1-3-6-4-2-5-1/h2-4,11,15-16,18,20H,5-10,12-14H2,1H3,(H2,25,26,27);3-5,8,11,13,15,17H,6-7,9-10,12H2,1-2H3,(H2,22,23,24);5H,1-4H2. The maximum atomic E-state index is 11.6. The average molecular weight is 1040 g/mol. The number of ether oxygens (including phenoxy) is 2. The van der Waals surface area contributed by atoms with Crippen molar-refractivity contribution in [3.63, 3.8) is 0 Å². The van der Waals surface area contributed by atoms with Crippen LogP contribution in [0.3, 0.4) is 0 Å². The van der Waals surface area contributed by atoms with Crippen molar-refractivity contribution in [1.29, 1.82) is 0 Å². The van der Waals surface area contributed by atoms with Crippen molar-refractivity contribution in [1.82, 2.24) is 39.3 Å². The lowest BCUT2D eigenvalue weighted by Gasteiger charge is -2.40. The van der Waals surface area contributed by atoms with Crippen molar-refractivity contribution >= 4 is 63.5 Å². The number of aryl methyl sites for hydroxylation is 2. The molecule has 6 heterocycles. The number of nitrogens with one attached hydrogen (secondary N) is 1. The summed E-state index contributed by atoms with van der Waals surface area (Å²) in [5.74, 6) is 1.92. The third-order valence-corrected chi connectivity index (χ3v) is 15.9. The summed E-state index contributed by atoms with van der Waals surface area (Å²) in [5.41, 5.74) is 19.8. The van der Waals surface area contributed by atoms with Gasteiger partial charge in [-0.1, -0.05) is 48.5 Å². The first-order chi connectivity index (χ1) is 33.9. The van der Waals surface area contributed by atoms with Crippen molar-refractivity contribution in [2.75, 3.05) is 107 Å². The lowest BCUT2D eigenvalue weighted by molar-refractivity contribution is 0.0182. The van der Waals surface area contributed by atoms with Crippen LogP contribution >= 0.6 is 0 Å². The number of anilines is 2. The van der Waals surface area contributed by atoms with E-state index in [2.05, 4.69) is 51.6 Å². The van der Waals surface area contributed by atoms with Crippen LogP contribution in [0.25, 0.3) is 44.3 Å². The number of aromatic nitrogens is 6. The molecule has 10 rings (SSSR count). The molecular weight excluding hydrogens is 969 g/mol. The van der Waals surface area contributed by atoms with Crippen LogP contribution in [0.2, 0.25) is 0 Å². The van der Waals surface area contributed by atoms with E-state index >= 15 is 0 Å². The number of nitrogen functional groups attached to an aromatic ring is 2. The Morgan fingerprint density at radius 2 is 1.11 bits per heavy atom. The van der Waals surface area contributed by atoms with Crippen LogP contribution in [-0.4, -0.2) is 155 Å². The third kappa shape index (κ3) is 14.1. The van der Waals surface area contributed by atoms with Gasteiger partial charge in [0.1, 0.15) is 55.3 Å². The zero-order chi connectivity index (χ0) is 50.3. The summed E-state index contributed by atoms with van der Waals surface area (Å²) in [6.45, 7) is 8.86. The summed E-state index contributed by atoms with van der Waals surface area (Å²) in [5, 5.41) is 4.78. The van der Waals surface area contributed by atoms with E-state index in [4.69, 9.17) is 25.1 Å². The van der Waals surface area contributed by atoms with Gasteiger partial charge in [-0.05, 0) is 72.6 Å². The maximum absolute atomic E-state index is 11.6. The second kappa shape index (κ2) is 22.8. The molecule has 5 N–H and O–H groups in total. The van der Waals surface area contributed by atoms with Crippen LogP contribution in [0.4, 0.5) is 11.6 Å². The molecule has 2 saturated heterocycles. The van der Waals surface area contributed by atoms with Gasteiger partial charge in [0.2, 0.25) is 0 Å². The highest BCUT2D eigenvalue weighted by Gasteiger charge is 2.35. The van der Waals surface area contributed by atoms with Crippen LogP contribution in [0, 0.1) is 11.8 Å². The summed E-state index contributed by atoms with van der Waals surface area (Å²) in [7, 11) is -9.52. The van der Waals surface area contributed by atoms with E-state index in [1.165, 1.54) is 25.2 Å². The normalized spacial score (nSPS) is 20.8. The molecule has 19 nitrogen and oxygen atoms in total. The lowest BCUT2D eigenvalue weighted by atomic mass is 9.79. The average Bonchev–Trinajstić information content (AvgIpc) is 3.90. The first-order valence-electron chi connectivity index (χ1n) is 24.1. The minimum atomic E-state index is -3.45. The Morgan fingerprint density at radius 1 is 0.648 bits per heavy atom. The van der Waals surface area contributed by atoms with Crippen LogP contribution in [-0.2, 0) is 56.3 Å². The number of nitrogens with two attached hydrogens (primary N) is 2. The van der Waals surface area contributed by atoms with Crippen molar-refractivity contribution in [2.45, 2.75) is 50.6 Å². The molecule has 4 fully saturated rings. The molecule has 0 amide bonds. The fraction of sp³-hybridized carbons (Fsp3) is 0.510. The monoisotopic (exact) mass is 1030 g/mol. The first kappa shape index (κ1) is 52.3. The third-order valence-electron chi connectivity index (χ3n) is 13.5. The Morgan fingerprint density at radius 3 is 1.54 bits per heavy atom. The van der Waals surface area contributed by atoms with Crippen LogP contribution in [0.15, 0.2) is 73.6 Å². The number of morpholine rings is 2. The largest absolute Gasteiger partial charge is 0.383 e. The highest BCUT2D eigenvalue weighted by molar-refractivity contribution is 7.90. The van der Waals surface area contributed by atoms with Crippen molar-refractivity contribution < 1.29 is 38.9 Å². The predicted molar refractivity (Wildman–Crippen MR) is 277 cm³/mol. The van der Waals surface area contributed by atoms with Gasteiger partial charge in [0.15, 0.2) is 0 Å². The smallest absolute Gasteiger partial charge is 0.264 e. The number of hydrogen-bond acceptors (Lipinski definition) is 17. The molecule has 2 aromatic carbocycles. The van der Waals surface area contributed by atoms with Gasteiger partial charge >= 0.3 is 0 Å². The Balaban J connectivity index is 0.000000170. The fourth-order valence-corrected chi connectivity index (χ4v) is 11.3. The summed E-state index contributed by atoms with van der Waals surface area (Å²) in [4.78, 5) is 20.0. The van der Waals surface area contributed by atoms with Crippen molar-refractivity contribution in [2.24, 2.45) is 11.8 Å². The minimum Gasteiger partial charge on any atom is -0.383 e. The van der Waals surface area contributed by atoms with Crippen LogP contribution < -0.4 is 16.8 Å². The maximum Gasteiger partial charge on any atom is 0.264 e. The van der Waals surface area contributed by atoms with Gasteiger partial charge < -0.3 is 35.4 Å². The number of fused-ring (bicyclic) bond motifs is 2. The Hall–Kier alpha value is -5.07. The molecule has 0 bridgehead atoms. The molecule has 0 atom stereocenters. The quantitative estimate of drug-likeness (QED) is 0.121. The summed E-state index contributed by atoms with van der Waals surface area (Å²) >= 11 is 0. The van der Waals surface area contributed by atoms with E-state index < -0.39 is 29.8 Å². The topological polar surface area (TPSA) is 259 Å². The molecular formula is C49H66N10O9S3. The molecule has 2 saturated carbocycles. The molecule has 22 heteroatoms. The van der Waals surface area contributed by atoms with Gasteiger partial charge in [-0.15, -0.1) is 0 Å². The number of nitrogens with zero attached hydrogens (tertiary/aromatic N) is 7. The molecule has 6 aromatic rings. The Kier molecular flexibility index (Phi) is 16.8. The summed E-state index contributed by atoms with van der Waals surface area (Å²) < 4.78 is 88.5. The van der Waals surface area contributed by atoms with Gasteiger partial charge in [-0.25, -0.2) is 36.8 Å². The molecule has 0 spiro atoms. The van der Waals surface area contributed by atoms with E-state index in [0.29, 0.717) is 36.4 Å². The molecule has 2 aliphatic heterocycles. The van der Waals surface area contributed by atoms with Gasteiger partial charge in [0, 0.05) is 80.8 Å². The summed E-state index contributed by atoms with van der Waals surface area (Å²) in [6, 6.07) is 16.3. The Bertz CT molecular complexity index is 3110.